The van der Waals surface area contributed by atoms with Gasteiger partial charge in [0.05, 0.1) is 11.5 Å². The van der Waals surface area contributed by atoms with Crippen molar-refractivity contribution in [3.8, 4) is 5.75 Å². The summed E-state index contributed by atoms with van der Waals surface area (Å²) in [6.45, 7) is 5.90. The fraction of sp³-hybridized carbons (Fsp3) is 0.429. The molecular weight excluding hydrogens is 342 g/mol. The molecule has 4 rings (SSSR count). The minimum Gasteiger partial charge on any atom is -0.493 e. The van der Waals surface area contributed by atoms with Crippen molar-refractivity contribution >= 4 is 11.4 Å². The molecule has 1 fully saturated rings. The number of anilines is 1. The first-order chi connectivity index (χ1) is 13.2. The second-order valence-electron chi connectivity index (χ2n) is 7.26. The van der Waals surface area contributed by atoms with Gasteiger partial charge >= 0.3 is 0 Å². The normalized spacial score (nSPS) is 20.0. The Bertz CT molecular complexity index is 786. The molecule has 1 atom stereocenters. The van der Waals surface area contributed by atoms with Gasteiger partial charge in [0.2, 0.25) is 0 Å². The van der Waals surface area contributed by atoms with E-state index in [2.05, 4.69) is 28.0 Å². The average Bonchev–Trinajstić information content (AvgIpc) is 2.72. The standard InChI is InChI=1S/C21H25N3O3/c25-24(26)19-7-5-18(6-8-19)23-14-12-22(13-15-23)11-9-17-10-16-27-21-4-2-1-3-20(17)21/h1-8,17H,9-16H2. The van der Waals surface area contributed by atoms with E-state index in [0.29, 0.717) is 5.92 Å². The maximum absolute atomic E-state index is 10.8. The lowest BCUT2D eigenvalue weighted by atomic mass is 9.90. The lowest BCUT2D eigenvalue weighted by molar-refractivity contribution is -0.384. The number of piperazine rings is 1. The number of rotatable bonds is 5. The molecule has 0 saturated carbocycles. The molecule has 1 unspecified atom stereocenters. The summed E-state index contributed by atoms with van der Waals surface area (Å²) in [4.78, 5) is 15.3. The molecule has 0 aromatic heterocycles. The van der Waals surface area contributed by atoms with Crippen LogP contribution in [0.5, 0.6) is 5.75 Å². The van der Waals surface area contributed by atoms with Crippen LogP contribution in [0.25, 0.3) is 0 Å². The summed E-state index contributed by atoms with van der Waals surface area (Å²) in [5, 5.41) is 10.8. The SMILES string of the molecule is O=[N+]([O-])c1ccc(N2CCN(CCC3CCOc4ccccc43)CC2)cc1. The molecule has 2 aromatic rings. The van der Waals surface area contributed by atoms with Gasteiger partial charge in [0.1, 0.15) is 5.75 Å². The number of non-ortho nitro benzene ring substituents is 1. The fourth-order valence-corrected chi connectivity index (χ4v) is 4.07. The van der Waals surface area contributed by atoms with Crippen LogP contribution >= 0.6 is 0 Å². The lowest BCUT2D eigenvalue weighted by Crippen LogP contribution is -2.46. The molecular formula is C21H25N3O3. The van der Waals surface area contributed by atoms with Gasteiger partial charge in [-0.05, 0) is 49.1 Å². The number of fused-ring (bicyclic) bond motifs is 1. The summed E-state index contributed by atoms with van der Waals surface area (Å²) in [5.74, 6) is 1.64. The smallest absolute Gasteiger partial charge is 0.269 e. The number of hydrogen-bond acceptors (Lipinski definition) is 5. The molecule has 0 N–H and O–H groups in total. The highest BCUT2D eigenvalue weighted by atomic mass is 16.6. The van der Waals surface area contributed by atoms with Gasteiger partial charge in [-0.15, -0.1) is 0 Å². The predicted molar refractivity (Wildman–Crippen MR) is 106 cm³/mol. The van der Waals surface area contributed by atoms with Crippen molar-refractivity contribution in [3.63, 3.8) is 0 Å². The van der Waals surface area contributed by atoms with E-state index in [-0.39, 0.29) is 10.6 Å². The number of para-hydroxylation sites is 1. The highest BCUT2D eigenvalue weighted by Gasteiger charge is 2.23. The van der Waals surface area contributed by atoms with Crippen LogP contribution in [0.4, 0.5) is 11.4 Å². The van der Waals surface area contributed by atoms with Crippen molar-refractivity contribution in [1.82, 2.24) is 4.90 Å². The van der Waals surface area contributed by atoms with E-state index in [4.69, 9.17) is 4.74 Å². The largest absolute Gasteiger partial charge is 0.493 e. The average molecular weight is 367 g/mol. The molecule has 27 heavy (non-hydrogen) atoms. The molecule has 0 radical (unpaired) electrons. The van der Waals surface area contributed by atoms with Crippen molar-refractivity contribution in [2.45, 2.75) is 18.8 Å². The quantitative estimate of drug-likeness (QED) is 0.596. The van der Waals surface area contributed by atoms with Crippen LogP contribution in [-0.2, 0) is 0 Å². The zero-order valence-electron chi connectivity index (χ0n) is 15.4. The van der Waals surface area contributed by atoms with Crippen LogP contribution in [0.15, 0.2) is 48.5 Å². The Morgan fingerprint density at radius 1 is 1.04 bits per heavy atom. The van der Waals surface area contributed by atoms with Gasteiger partial charge in [-0.3, -0.25) is 15.0 Å². The minimum absolute atomic E-state index is 0.147. The Morgan fingerprint density at radius 2 is 1.78 bits per heavy atom. The third-order valence-corrected chi connectivity index (χ3v) is 5.67. The molecule has 142 valence electrons. The van der Waals surface area contributed by atoms with Gasteiger partial charge in [0.25, 0.3) is 5.69 Å². The van der Waals surface area contributed by atoms with Crippen LogP contribution in [0, 0.1) is 10.1 Å². The van der Waals surface area contributed by atoms with Crippen molar-refractivity contribution in [1.29, 1.82) is 0 Å². The molecule has 2 aliphatic heterocycles. The number of hydrogen-bond donors (Lipinski definition) is 0. The maximum Gasteiger partial charge on any atom is 0.269 e. The predicted octanol–water partition coefficient (Wildman–Crippen LogP) is 3.67. The van der Waals surface area contributed by atoms with E-state index in [1.54, 1.807) is 12.1 Å². The number of ether oxygens (including phenoxy) is 1. The monoisotopic (exact) mass is 367 g/mol. The summed E-state index contributed by atoms with van der Waals surface area (Å²) in [6, 6.07) is 15.3. The van der Waals surface area contributed by atoms with E-state index in [1.165, 1.54) is 5.56 Å². The first-order valence-electron chi connectivity index (χ1n) is 9.64. The topological polar surface area (TPSA) is 58.9 Å². The van der Waals surface area contributed by atoms with E-state index < -0.39 is 0 Å². The zero-order chi connectivity index (χ0) is 18.6. The number of benzene rings is 2. The number of nitro groups is 1. The first kappa shape index (κ1) is 17.8. The molecule has 0 spiro atoms. The zero-order valence-corrected chi connectivity index (χ0v) is 15.4. The second kappa shape index (κ2) is 7.96. The van der Waals surface area contributed by atoms with Crippen LogP contribution < -0.4 is 9.64 Å². The molecule has 2 heterocycles. The summed E-state index contributed by atoms with van der Waals surface area (Å²) in [6.07, 6.45) is 2.26. The molecule has 2 aliphatic rings. The minimum atomic E-state index is -0.351. The summed E-state index contributed by atoms with van der Waals surface area (Å²) >= 11 is 0. The third kappa shape index (κ3) is 4.06. The highest BCUT2D eigenvalue weighted by molar-refractivity contribution is 5.51. The molecule has 1 saturated heterocycles. The molecule has 6 heteroatoms. The summed E-state index contributed by atoms with van der Waals surface area (Å²) in [5.41, 5.74) is 2.57. The molecule has 0 bridgehead atoms. The van der Waals surface area contributed by atoms with Crippen LogP contribution in [-0.4, -0.2) is 49.2 Å². The van der Waals surface area contributed by atoms with Crippen molar-refractivity contribution in [2.75, 3.05) is 44.2 Å². The molecule has 6 nitrogen and oxygen atoms in total. The lowest BCUT2D eigenvalue weighted by Gasteiger charge is -2.37. The van der Waals surface area contributed by atoms with Crippen molar-refractivity contribution in [2.24, 2.45) is 0 Å². The van der Waals surface area contributed by atoms with Crippen molar-refractivity contribution < 1.29 is 9.66 Å². The highest BCUT2D eigenvalue weighted by Crippen LogP contribution is 2.35. The van der Waals surface area contributed by atoms with Gasteiger partial charge < -0.3 is 9.64 Å². The Labute approximate surface area is 159 Å². The van der Waals surface area contributed by atoms with Crippen LogP contribution in [0.1, 0.15) is 24.3 Å². The fourth-order valence-electron chi connectivity index (χ4n) is 4.07. The third-order valence-electron chi connectivity index (χ3n) is 5.67. The van der Waals surface area contributed by atoms with Crippen LogP contribution in [0.2, 0.25) is 0 Å². The van der Waals surface area contributed by atoms with Gasteiger partial charge in [-0.25, -0.2) is 0 Å². The number of nitrogens with zero attached hydrogens (tertiary/aromatic N) is 3. The second-order valence-corrected chi connectivity index (χ2v) is 7.26. The van der Waals surface area contributed by atoms with E-state index in [0.717, 1.165) is 63.6 Å². The Hall–Kier alpha value is -2.60. The van der Waals surface area contributed by atoms with E-state index in [1.807, 2.05) is 18.2 Å². The summed E-state index contributed by atoms with van der Waals surface area (Å²) in [7, 11) is 0. The summed E-state index contributed by atoms with van der Waals surface area (Å²) < 4.78 is 5.77. The molecule has 2 aromatic carbocycles. The van der Waals surface area contributed by atoms with Gasteiger partial charge in [-0.2, -0.15) is 0 Å². The van der Waals surface area contributed by atoms with Crippen molar-refractivity contribution in [3.05, 3.63) is 64.2 Å². The Morgan fingerprint density at radius 3 is 2.52 bits per heavy atom. The van der Waals surface area contributed by atoms with Crippen LogP contribution in [0.3, 0.4) is 0 Å². The Kier molecular flexibility index (Phi) is 5.25. The molecule has 0 aliphatic carbocycles. The van der Waals surface area contributed by atoms with E-state index in [9.17, 15) is 10.1 Å². The maximum atomic E-state index is 10.8. The first-order valence-corrected chi connectivity index (χ1v) is 9.64. The van der Waals surface area contributed by atoms with Gasteiger partial charge in [-0.1, -0.05) is 18.2 Å². The molecule has 0 amide bonds. The van der Waals surface area contributed by atoms with E-state index >= 15 is 0 Å². The van der Waals surface area contributed by atoms with Gasteiger partial charge in [0.15, 0.2) is 0 Å². The van der Waals surface area contributed by atoms with Gasteiger partial charge in [0, 0.05) is 44.0 Å². The Balaban J connectivity index is 1.28. The number of nitro benzene ring substituents is 1.